The summed E-state index contributed by atoms with van der Waals surface area (Å²) in [6.07, 6.45) is 5.99. The zero-order valence-corrected chi connectivity index (χ0v) is 11.9. The van der Waals surface area contributed by atoms with Gasteiger partial charge < -0.3 is 11.5 Å². The molecular formula is C18H16N2O2. The van der Waals surface area contributed by atoms with Crippen molar-refractivity contribution in [1.29, 1.82) is 0 Å². The summed E-state index contributed by atoms with van der Waals surface area (Å²) in [6, 6.07) is 15.2. The Balaban J connectivity index is 2.53. The number of nitrogens with two attached hydrogens (primary N) is 2. The molecule has 2 aromatic rings. The Hall–Kier alpha value is -3.14. The first-order valence-electron chi connectivity index (χ1n) is 6.71. The van der Waals surface area contributed by atoms with E-state index < -0.39 is 11.8 Å². The largest absolute Gasteiger partial charge is 0.366 e. The van der Waals surface area contributed by atoms with Crippen LogP contribution in [-0.4, -0.2) is 11.8 Å². The van der Waals surface area contributed by atoms with Crippen molar-refractivity contribution in [3.8, 4) is 11.1 Å². The van der Waals surface area contributed by atoms with E-state index in [0.717, 1.165) is 22.3 Å². The standard InChI is InChI=1S/C18H16N2O2/c19-17(21)11-9-13-5-1-3-7-15(13)16-8-4-2-6-14(16)10-12-18(20)22/h1-12H,(H2,19,21)(H2,20,22)/b11-9-,12-10-. The van der Waals surface area contributed by atoms with Gasteiger partial charge in [-0.1, -0.05) is 48.5 Å². The number of hydrogen-bond donors (Lipinski definition) is 2. The molecule has 0 aliphatic carbocycles. The maximum atomic E-state index is 10.9. The van der Waals surface area contributed by atoms with Gasteiger partial charge in [-0.05, 0) is 34.4 Å². The second-order valence-electron chi connectivity index (χ2n) is 4.65. The first-order valence-corrected chi connectivity index (χ1v) is 6.71. The van der Waals surface area contributed by atoms with Gasteiger partial charge in [0.1, 0.15) is 0 Å². The highest BCUT2D eigenvalue weighted by atomic mass is 16.1. The molecule has 2 rings (SSSR count). The van der Waals surface area contributed by atoms with Gasteiger partial charge in [0.15, 0.2) is 0 Å². The van der Waals surface area contributed by atoms with E-state index in [2.05, 4.69) is 0 Å². The molecule has 0 spiro atoms. The van der Waals surface area contributed by atoms with Crippen molar-refractivity contribution >= 4 is 24.0 Å². The van der Waals surface area contributed by atoms with Gasteiger partial charge >= 0.3 is 0 Å². The van der Waals surface area contributed by atoms with Crippen LogP contribution in [0, 0.1) is 0 Å². The van der Waals surface area contributed by atoms with Crippen LogP contribution in [-0.2, 0) is 9.59 Å². The van der Waals surface area contributed by atoms with Gasteiger partial charge in [-0.3, -0.25) is 9.59 Å². The summed E-state index contributed by atoms with van der Waals surface area (Å²) in [5.41, 5.74) is 13.9. The molecule has 0 aromatic heterocycles. The molecule has 0 aliphatic heterocycles. The smallest absolute Gasteiger partial charge is 0.241 e. The van der Waals surface area contributed by atoms with E-state index in [-0.39, 0.29) is 0 Å². The minimum atomic E-state index is -0.503. The number of amides is 2. The molecule has 0 heterocycles. The number of carbonyl (C=O) groups is 2. The predicted octanol–water partition coefficient (Wildman–Crippen LogP) is 2.35. The fourth-order valence-electron chi connectivity index (χ4n) is 2.12. The molecule has 2 aromatic carbocycles. The van der Waals surface area contributed by atoms with Gasteiger partial charge in [0.2, 0.25) is 11.8 Å². The molecule has 0 saturated heterocycles. The van der Waals surface area contributed by atoms with Crippen LogP contribution in [0.2, 0.25) is 0 Å². The lowest BCUT2D eigenvalue weighted by molar-refractivity contribution is -0.114. The Labute approximate surface area is 128 Å². The molecule has 0 atom stereocenters. The van der Waals surface area contributed by atoms with Gasteiger partial charge in [-0.25, -0.2) is 0 Å². The normalized spacial score (nSPS) is 11.1. The first-order chi connectivity index (χ1) is 10.6. The third-order valence-electron chi connectivity index (χ3n) is 3.07. The summed E-state index contributed by atoms with van der Waals surface area (Å²) in [4.78, 5) is 21.9. The fraction of sp³-hybridized carbons (Fsp3) is 0. The van der Waals surface area contributed by atoms with Crippen molar-refractivity contribution in [3.63, 3.8) is 0 Å². The van der Waals surface area contributed by atoms with Gasteiger partial charge in [0, 0.05) is 12.2 Å². The van der Waals surface area contributed by atoms with Crippen LogP contribution in [0.15, 0.2) is 60.7 Å². The van der Waals surface area contributed by atoms with Crippen molar-refractivity contribution in [2.24, 2.45) is 11.5 Å². The van der Waals surface area contributed by atoms with E-state index in [9.17, 15) is 9.59 Å². The lowest BCUT2D eigenvalue weighted by Crippen LogP contribution is -2.05. The predicted molar refractivity (Wildman–Crippen MR) is 88.3 cm³/mol. The average molecular weight is 292 g/mol. The lowest BCUT2D eigenvalue weighted by atomic mass is 9.95. The Kier molecular flexibility index (Phi) is 4.88. The summed E-state index contributed by atoms with van der Waals surface area (Å²) in [7, 11) is 0. The van der Waals surface area contributed by atoms with Crippen molar-refractivity contribution in [2.45, 2.75) is 0 Å². The van der Waals surface area contributed by atoms with Crippen LogP contribution < -0.4 is 11.5 Å². The minimum Gasteiger partial charge on any atom is -0.366 e. The van der Waals surface area contributed by atoms with E-state index >= 15 is 0 Å². The van der Waals surface area contributed by atoms with Crippen LogP contribution in [0.5, 0.6) is 0 Å². The first kappa shape index (κ1) is 15.3. The Morgan fingerprint density at radius 1 is 0.682 bits per heavy atom. The summed E-state index contributed by atoms with van der Waals surface area (Å²) in [5.74, 6) is -1.01. The van der Waals surface area contributed by atoms with Gasteiger partial charge in [0.05, 0.1) is 0 Å². The zero-order valence-electron chi connectivity index (χ0n) is 11.9. The highest BCUT2D eigenvalue weighted by Crippen LogP contribution is 2.28. The summed E-state index contributed by atoms with van der Waals surface area (Å²) in [5, 5.41) is 0. The second kappa shape index (κ2) is 7.04. The molecule has 0 fully saturated rings. The van der Waals surface area contributed by atoms with Gasteiger partial charge in [0.25, 0.3) is 0 Å². The molecule has 0 saturated carbocycles. The monoisotopic (exact) mass is 292 g/mol. The molecule has 2 amide bonds. The molecule has 4 N–H and O–H groups in total. The zero-order chi connectivity index (χ0) is 15.9. The molecule has 0 unspecified atom stereocenters. The van der Waals surface area contributed by atoms with Crippen molar-refractivity contribution in [2.75, 3.05) is 0 Å². The van der Waals surface area contributed by atoms with E-state index in [4.69, 9.17) is 11.5 Å². The molecular weight excluding hydrogens is 276 g/mol. The number of rotatable bonds is 5. The Morgan fingerprint density at radius 3 is 1.41 bits per heavy atom. The molecule has 22 heavy (non-hydrogen) atoms. The third kappa shape index (κ3) is 3.93. The Bertz CT molecular complexity index is 696. The van der Waals surface area contributed by atoms with Crippen LogP contribution in [0.25, 0.3) is 23.3 Å². The van der Waals surface area contributed by atoms with Gasteiger partial charge in [-0.15, -0.1) is 0 Å². The van der Waals surface area contributed by atoms with E-state index in [1.807, 2.05) is 48.5 Å². The average Bonchev–Trinajstić information content (AvgIpc) is 2.51. The third-order valence-corrected chi connectivity index (χ3v) is 3.07. The maximum absolute atomic E-state index is 10.9. The summed E-state index contributed by atoms with van der Waals surface area (Å²) in [6.45, 7) is 0. The maximum Gasteiger partial charge on any atom is 0.241 e. The van der Waals surface area contributed by atoms with E-state index in [1.165, 1.54) is 12.2 Å². The van der Waals surface area contributed by atoms with Gasteiger partial charge in [-0.2, -0.15) is 0 Å². The number of benzene rings is 2. The quantitative estimate of drug-likeness (QED) is 0.829. The van der Waals surface area contributed by atoms with Crippen LogP contribution in [0.4, 0.5) is 0 Å². The highest BCUT2D eigenvalue weighted by molar-refractivity contribution is 5.94. The molecule has 0 radical (unpaired) electrons. The van der Waals surface area contributed by atoms with Crippen LogP contribution in [0.1, 0.15) is 11.1 Å². The fourth-order valence-corrected chi connectivity index (χ4v) is 2.12. The SMILES string of the molecule is NC(=O)/C=C\c1ccccc1-c1ccccc1/C=C\C(N)=O. The molecule has 110 valence electrons. The molecule has 0 bridgehead atoms. The number of primary amides is 2. The summed E-state index contributed by atoms with van der Waals surface area (Å²) < 4.78 is 0. The van der Waals surface area contributed by atoms with E-state index in [0.29, 0.717) is 0 Å². The second-order valence-corrected chi connectivity index (χ2v) is 4.65. The van der Waals surface area contributed by atoms with Crippen LogP contribution in [0.3, 0.4) is 0 Å². The Morgan fingerprint density at radius 2 is 1.05 bits per heavy atom. The van der Waals surface area contributed by atoms with Crippen LogP contribution >= 0.6 is 0 Å². The topological polar surface area (TPSA) is 86.2 Å². The van der Waals surface area contributed by atoms with Crippen molar-refractivity contribution in [1.82, 2.24) is 0 Å². The molecule has 4 nitrogen and oxygen atoms in total. The van der Waals surface area contributed by atoms with Crippen molar-refractivity contribution < 1.29 is 9.59 Å². The summed E-state index contributed by atoms with van der Waals surface area (Å²) >= 11 is 0. The van der Waals surface area contributed by atoms with Crippen molar-refractivity contribution in [3.05, 3.63) is 71.8 Å². The molecule has 0 aliphatic rings. The molecule has 4 heteroatoms. The number of carbonyl (C=O) groups excluding carboxylic acids is 2. The minimum absolute atomic E-state index is 0.503. The van der Waals surface area contributed by atoms with E-state index in [1.54, 1.807) is 12.2 Å². The number of hydrogen-bond acceptors (Lipinski definition) is 2. The highest BCUT2D eigenvalue weighted by Gasteiger charge is 2.06. The lowest BCUT2D eigenvalue weighted by Gasteiger charge is -2.09.